The molecule has 0 radical (unpaired) electrons. The predicted molar refractivity (Wildman–Crippen MR) is 50.7 cm³/mol. The molecule has 0 unspecified atom stereocenters. The number of likely N-dealkylation sites (N-methyl/N-ethyl adjacent to an activating group) is 1. The van der Waals surface area contributed by atoms with E-state index in [0.29, 0.717) is 6.42 Å². The minimum Gasteiger partial charge on any atom is -0.468 e. The second-order valence-electron chi connectivity index (χ2n) is 2.55. The quantitative estimate of drug-likeness (QED) is 0.717. The first-order chi connectivity index (χ1) is 6.27. The number of ether oxygens (including phenoxy) is 1. The van der Waals surface area contributed by atoms with Crippen LogP contribution in [0.1, 0.15) is 5.69 Å². The summed E-state index contributed by atoms with van der Waals surface area (Å²) in [6, 6.07) is -0.299. The molecule has 1 aromatic rings. The number of hydrogen-bond donors (Lipinski definition) is 1. The topological polar surface area (TPSA) is 51.2 Å². The van der Waals surface area contributed by atoms with Crippen LogP contribution in [-0.2, 0) is 16.0 Å². The number of nitrogens with zero attached hydrogens (tertiary/aromatic N) is 1. The first kappa shape index (κ1) is 10.1. The van der Waals surface area contributed by atoms with E-state index in [0.717, 1.165) is 5.69 Å². The largest absolute Gasteiger partial charge is 0.468 e. The van der Waals surface area contributed by atoms with Crippen molar-refractivity contribution in [2.45, 2.75) is 12.5 Å². The van der Waals surface area contributed by atoms with E-state index < -0.39 is 0 Å². The third-order valence-electron chi connectivity index (χ3n) is 1.73. The van der Waals surface area contributed by atoms with Crippen LogP contribution in [0.2, 0.25) is 0 Å². The average molecular weight is 200 g/mol. The van der Waals surface area contributed by atoms with Crippen molar-refractivity contribution in [1.29, 1.82) is 0 Å². The van der Waals surface area contributed by atoms with Crippen LogP contribution in [0.5, 0.6) is 0 Å². The summed E-state index contributed by atoms with van der Waals surface area (Å²) in [5.41, 5.74) is 2.66. The van der Waals surface area contributed by atoms with Crippen molar-refractivity contribution in [2.24, 2.45) is 0 Å². The minimum absolute atomic E-state index is 0.254. The molecule has 0 bridgehead atoms. The summed E-state index contributed by atoms with van der Waals surface area (Å²) in [6.45, 7) is 0. The van der Waals surface area contributed by atoms with Crippen LogP contribution >= 0.6 is 11.3 Å². The SMILES string of the molecule is CN[C@@H](Cc1cscn1)C(=O)OC. The maximum absolute atomic E-state index is 11.2. The highest BCUT2D eigenvalue weighted by molar-refractivity contribution is 7.07. The van der Waals surface area contributed by atoms with E-state index in [4.69, 9.17) is 0 Å². The van der Waals surface area contributed by atoms with Crippen LogP contribution in [0, 0.1) is 0 Å². The Hall–Kier alpha value is -0.940. The van der Waals surface area contributed by atoms with Gasteiger partial charge in [0.05, 0.1) is 18.3 Å². The van der Waals surface area contributed by atoms with E-state index in [1.165, 1.54) is 18.4 Å². The first-order valence-corrected chi connectivity index (χ1v) is 4.84. The molecule has 1 N–H and O–H groups in total. The van der Waals surface area contributed by atoms with Gasteiger partial charge in [-0.3, -0.25) is 4.79 Å². The second kappa shape index (κ2) is 4.94. The van der Waals surface area contributed by atoms with Crippen LogP contribution in [0.15, 0.2) is 10.9 Å². The van der Waals surface area contributed by atoms with Gasteiger partial charge in [-0.15, -0.1) is 11.3 Å². The monoisotopic (exact) mass is 200 g/mol. The molecular weight excluding hydrogens is 188 g/mol. The Morgan fingerprint density at radius 3 is 3.08 bits per heavy atom. The number of rotatable bonds is 4. The first-order valence-electron chi connectivity index (χ1n) is 3.90. The van der Waals surface area contributed by atoms with Gasteiger partial charge in [0, 0.05) is 11.8 Å². The molecule has 0 saturated carbocycles. The molecule has 1 rings (SSSR count). The molecule has 4 nitrogen and oxygen atoms in total. The lowest BCUT2D eigenvalue weighted by atomic mass is 10.2. The van der Waals surface area contributed by atoms with Crippen molar-refractivity contribution in [1.82, 2.24) is 10.3 Å². The number of aromatic nitrogens is 1. The van der Waals surface area contributed by atoms with Crippen LogP contribution in [0.4, 0.5) is 0 Å². The van der Waals surface area contributed by atoms with Gasteiger partial charge in [0.15, 0.2) is 0 Å². The molecule has 1 atom stereocenters. The van der Waals surface area contributed by atoms with Gasteiger partial charge in [0.1, 0.15) is 6.04 Å². The number of thiazole rings is 1. The van der Waals surface area contributed by atoms with Gasteiger partial charge in [-0.1, -0.05) is 0 Å². The average Bonchev–Trinajstić information content (AvgIpc) is 2.65. The van der Waals surface area contributed by atoms with Crippen molar-refractivity contribution in [3.8, 4) is 0 Å². The molecule has 1 heterocycles. The predicted octanol–water partition coefficient (Wildman–Crippen LogP) is 0.447. The molecule has 0 spiro atoms. The van der Waals surface area contributed by atoms with Gasteiger partial charge < -0.3 is 10.1 Å². The number of carbonyl (C=O) groups is 1. The molecule has 1 aromatic heterocycles. The number of carbonyl (C=O) groups excluding carboxylic acids is 1. The van der Waals surface area contributed by atoms with Gasteiger partial charge in [0.2, 0.25) is 0 Å². The molecule has 13 heavy (non-hydrogen) atoms. The Labute approximate surface area is 80.9 Å². The molecule has 0 fully saturated rings. The summed E-state index contributed by atoms with van der Waals surface area (Å²) in [4.78, 5) is 15.3. The number of hydrogen-bond acceptors (Lipinski definition) is 5. The molecule has 0 aliphatic rings. The van der Waals surface area contributed by atoms with Crippen LogP contribution in [-0.4, -0.2) is 31.2 Å². The molecule has 0 aliphatic heterocycles. The van der Waals surface area contributed by atoms with E-state index in [9.17, 15) is 4.79 Å². The zero-order valence-electron chi connectivity index (χ0n) is 7.61. The van der Waals surface area contributed by atoms with Crippen molar-refractivity contribution < 1.29 is 9.53 Å². The van der Waals surface area contributed by atoms with E-state index in [-0.39, 0.29) is 12.0 Å². The molecular formula is C8H12N2O2S. The Bertz CT molecular complexity index is 261. The van der Waals surface area contributed by atoms with Crippen molar-refractivity contribution in [3.05, 3.63) is 16.6 Å². The summed E-state index contributed by atoms with van der Waals surface area (Å²) in [6.07, 6.45) is 0.576. The van der Waals surface area contributed by atoms with Crippen molar-refractivity contribution in [3.63, 3.8) is 0 Å². The highest BCUT2D eigenvalue weighted by Crippen LogP contribution is 2.04. The summed E-state index contributed by atoms with van der Waals surface area (Å²) in [5, 5.41) is 4.80. The van der Waals surface area contributed by atoms with Crippen LogP contribution in [0.25, 0.3) is 0 Å². The maximum Gasteiger partial charge on any atom is 0.323 e. The zero-order chi connectivity index (χ0) is 9.68. The normalized spacial score (nSPS) is 12.5. The van der Waals surface area contributed by atoms with E-state index >= 15 is 0 Å². The standard InChI is InChI=1S/C8H12N2O2S/c1-9-7(8(11)12-2)3-6-4-13-5-10-6/h4-5,7,9H,3H2,1-2H3/t7-/m0/s1. The third kappa shape index (κ3) is 2.78. The van der Waals surface area contributed by atoms with Crippen molar-refractivity contribution in [2.75, 3.05) is 14.2 Å². The van der Waals surface area contributed by atoms with E-state index in [1.54, 1.807) is 12.6 Å². The van der Waals surface area contributed by atoms with Crippen molar-refractivity contribution >= 4 is 17.3 Å². The lowest BCUT2D eigenvalue weighted by Gasteiger charge is -2.11. The number of esters is 1. The summed E-state index contributed by atoms with van der Waals surface area (Å²) >= 11 is 1.52. The van der Waals surface area contributed by atoms with Crippen LogP contribution < -0.4 is 5.32 Å². The highest BCUT2D eigenvalue weighted by Gasteiger charge is 2.17. The lowest BCUT2D eigenvalue weighted by Crippen LogP contribution is -2.36. The summed E-state index contributed by atoms with van der Waals surface area (Å²) in [5.74, 6) is -0.254. The van der Waals surface area contributed by atoms with Gasteiger partial charge in [0.25, 0.3) is 0 Å². The second-order valence-corrected chi connectivity index (χ2v) is 3.27. The van der Waals surface area contributed by atoms with E-state index in [2.05, 4.69) is 15.0 Å². The fourth-order valence-corrected chi connectivity index (χ4v) is 1.56. The smallest absolute Gasteiger partial charge is 0.323 e. The number of methoxy groups -OCH3 is 1. The Morgan fingerprint density at radius 1 is 1.85 bits per heavy atom. The highest BCUT2D eigenvalue weighted by atomic mass is 32.1. The molecule has 5 heteroatoms. The van der Waals surface area contributed by atoms with Gasteiger partial charge in [-0.2, -0.15) is 0 Å². The van der Waals surface area contributed by atoms with Gasteiger partial charge in [-0.05, 0) is 7.05 Å². The van der Waals surface area contributed by atoms with Crippen LogP contribution in [0.3, 0.4) is 0 Å². The maximum atomic E-state index is 11.2. The third-order valence-corrected chi connectivity index (χ3v) is 2.37. The van der Waals surface area contributed by atoms with Gasteiger partial charge >= 0.3 is 5.97 Å². The Balaban J connectivity index is 2.54. The molecule has 0 saturated heterocycles. The molecule has 72 valence electrons. The molecule has 0 amide bonds. The minimum atomic E-state index is -0.299. The van der Waals surface area contributed by atoms with E-state index in [1.807, 2.05) is 5.38 Å². The molecule has 0 aromatic carbocycles. The summed E-state index contributed by atoms with van der Waals surface area (Å²) in [7, 11) is 3.11. The summed E-state index contributed by atoms with van der Waals surface area (Å²) < 4.78 is 4.63. The fraction of sp³-hybridized carbons (Fsp3) is 0.500. The Morgan fingerprint density at radius 2 is 2.62 bits per heavy atom. The fourth-order valence-electron chi connectivity index (χ4n) is 0.993. The number of nitrogens with one attached hydrogen (secondary N) is 1. The zero-order valence-corrected chi connectivity index (χ0v) is 8.43. The van der Waals surface area contributed by atoms with Gasteiger partial charge in [-0.25, -0.2) is 4.98 Å². The lowest BCUT2D eigenvalue weighted by molar-refractivity contribution is -0.142. The molecule has 0 aliphatic carbocycles. The Kier molecular flexibility index (Phi) is 3.85.